The summed E-state index contributed by atoms with van der Waals surface area (Å²) in [7, 11) is 0. The Bertz CT molecular complexity index is 4090. The van der Waals surface area contributed by atoms with Crippen LogP contribution in [0.25, 0.3) is 99.7 Å². The van der Waals surface area contributed by atoms with E-state index in [1.54, 1.807) is 0 Å². The number of benzene rings is 9. The molecule has 2 N–H and O–H groups in total. The second-order valence-corrected chi connectivity index (χ2v) is 17.0. The number of imidazole rings is 2. The molecule has 0 spiro atoms. The van der Waals surface area contributed by atoms with E-state index in [1.165, 1.54) is 0 Å². The summed E-state index contributed by atoms with van der Waals surface area (Å²) in [4.78, 5) is 9.82. The first-order valence-electron chi connectivity index (χ1n) is 22.0. The first kappa shape index (κ1) is 35.8. The Labute approximate surface area is 372 Å². The minimum atomic E-state index is -0.0128. The first-order valence-corrected chi connectivity index (χ1v) is 22.0. The molecule has 0 saturated carbocycles. The number of nitrogens with two attached hydrogens (primary N) is 1. The molecule has 13 aromatic rings. The van der Waals surface area contributed by atoms with Gasteiger partial charge in [-0.1, -0.05) is 78.9 Å². The van der Waals surface area contributed by atoms with Gasteiger partial charge in [0.2, 0.25) is 5.78 Å². The van der Waals surface area contributed by atoms with Crippen LogP contribution >= 0.6 is 0 Å². The summed E-state index contributed by atoms with van der Waals surface area (Å²) < 4.78 is 17.4. The lowest BCUT2D eigenvalue weighted by molar-refractivity contribution is 0.668. The lowest BCUT2D eigenvalue weighted by Gasteiger charge is -2.31. The number of rotatable bonds is 5. The van der Waals surface area contributed by atoms with Crippen LogP contribution < -0.4 is 15.5 Å². The van der Waals surface area contributed by atoms with E-state index in [0.717, 1.165) is 128 Å². The van der Waals surface area contributed by atoms with Crippen LogP contribution in [0, 0.1) is 0 Å². The molecule has 0 radical (unpaired) electrons. The van der Waals surface area contributed by atoms with Crippen LogP contribution in [0.3, 0.4) is 0 Å². The van der Waals surface area contributed by atoms with Crippen molar-refractivity contribution in [2.45, 2.75) is 13.1 Å². The number of nitrogens with zero attached hydrogens (tertiary/aromatic N) is 5. The van der Waals surface area contributed by atoms with Gasteiger partial charge in [0.25, 0.3) is 0 Å². The molecule has 0 saturated heterocycles. The molecule has 0 fully saturated rings. The molecule has 14 rings (SSSR count). The van der Waals surface area contributed by atoms with E-state index in [9.17, 15) is 0 Å². The van der Waals surface area contributed by atoms with Crippen LogP contribution in [0.2, 0.25) is 0 Å². The molecule has 1 unspecified atom stereocenters. The van der Waals surface area contributed by atoms with Crippen LogP contribution in [-0.2, 0) is 0 Å². The highest BCUT2D eigenvalue weighted by Crippen LogP contribution is 2.49. The second kappa shape index (κ2) is 13.4. The number of hydrogen-bond acceptors (Lipinski definition) is 6. The van der Waals surface area contributed by atoms with Gasteiger partial charge in [-0.25, -0.2) is 4.98 Å². The molecule has 65 heavy (non-hydrogen) atoms. The second-order valence-electron chi connectivity index (χ2n) is 17.0. The topological polar surface area (TPSA) is 81.0 Å². The van der Waals surface area contributed by atoms with Crippen LogP contribution in [-0.4, -0.2) is 20.1 Å². The van der Waals surface area contributed by atoms with Crippen molar-refractivity contribution in [1.82, 2.24) is 14.0 Å². The number of furan rings is 2. The zero-order chi connectivity index (χ0) is 42.9. The maximum atomic E-state index is 6.55. The van der Waals surface area contributed by atoms with E-state index in [0.29, 0.717) is 0 Å². The minimum Gasteiger partial charge on any atom is -0.456 e. The lowest BCUT2D eigenvalue weighted by Crippen LogP contribution is -2.35. The number of fused-ring (bicyclic) bond motifs is 12. The molecule has 1 atom stereocenters. The van der Waals surface area contributed by atoms with Crippen LogP contribution in [0.1, 0.15) is 6.92 Å². The number of anilines is 5. The minimum absolute atomic E-state index is 0.0128. The summed E-state index contributed by atoms with van der Waals surface area (Å²) in [5, 5.41) is 4.28. The van der Waals surface area contributed by atoms with Gasteiger partial charge in [-0.15, -0.1) is 0 Å². The average molecular weight is 839 g/mol. The van der Waals surface area contributed by atoms with E-state index in [1.807, 2.05) is 24.3 Å². The maximum absolute atomic E-state index is 6.55. The molecule has 5 heterocycles. The van der Waals surface area contributed by atoms with Gasteiger partial charge in [0.1, 0.15) is 28.5 Å². The van der Waals surface area contributed by atoms with Crippen molar-refractivity contribution in [1.29, 1.82) is 0 Å². The Morgan fingerprint density at radius 3 is 1.62 bits per heavy atom. The quantitative estimate of drug-likeness (QED) is 0.174. The van der Waals surface area contributed by atoms with Gasteiger partial charge >= 0.3 is 0 Å². The zero-order valence-electron chi connectivity index (χ0n) is 35.2. The van der Waals surface area contributed by atoms with Crippen LogP contribution in [0.15, 0.2) is 203 Å². The van der Waals surface area contributed by atoms with Gasteiger partial charge in [0.15, 0.2) is 0 Å². The highest BCUT2D eigenvalue weighted by molar-refractivity contribution is 6.09. The molecular weight excluding hydrogens is 801 g/mol. The first-order chi connectivity index (χ1) is 32.0. The molecule has 1 aliphatic rings. The molecule has 8 heteroatoms. The van der Waals surface area contributed by atoms with Crippen molar-refractivity contribution in [2.75, 3.05) is 15.5 Å². The van der Waals surface area contributed by atoms with Crippen molar-refractivity contribution < 1.29 is 8.83 Å². The third-order valence-electron chi connectivity index (χ3n) is 13.4. The Balaban J connectivity index is 0.838. The van der Waals surface area contributed by atoms with Crippen molar-refractivity contribution in [3.63, 3.8) is 0 Å². The van der Waals surface area contributed by atoms with Gasteiger partial charge in [-0.3, -0.25) is 8.97 Å². The normalized spacial score (nSPS) is 14.1. The average Bonchev–Trinajstić information content (AvgIpc) is 4.15. The van der Waals surface area contributed by atoms with Crippen molar-refractivity contribution >= 4 is 100 Å². The molecule has 9 aromatic carbocycles. The Hall–Kier alpha value is -8.75. The van der Waals surface area contributed by atoms with E-state index in [4.69, 9.17) is 19.6 Å². The fourth-order valence-corrected chi connectivity index (χ4v) is 10.4. The van der Waals surface area contributed by atoms with Crippen molar-refractivity contribution in [3.05, 3.63) is 194 Å². The SMILES string of the molecule is CC1N(c2ccc3oc4ccc(-c5cccc(-c6ccc7oc8ccc(-n9c%10ccccc%10n%10c%11ccccc%11nc9%10)cc8c7c6)c5)cc4c3c2)c2ccccc2N1c1ccccc1N. The molecule has 1 aliphatic heterocycles. The third kappa shape index (κ3) is 5.22. The summed E-state index contributed by atoms with van der Waals surface area (Å²) in [6.45, 7) is 2.23. The summed E-state index contributed by atoms with van der Waals surface area (Å²) in [6, 6.07) is 68.2. The van der Waals surface area contributed by atoms with E-state index in [-0.39, 0.29) is 6.17 Å². The van der Waals surface area contributed by atoms with E-state index < -0.39 is 0 Å². The number of aromatic nitrogens is 3. The predicted octanol–water partition coefficient (Wildman–Crippen LogP) is 14.8. The molecule has 0 aliphatic carbocycles. The standard InChI is InChI=1S/C57H38N6O2/c1-34-60(49-17-6-7-18-50(49)61(34)47-15-4-2-13-45(47)58)39-23-27-55-43(32-39)41-30-37(21-25-53(41)64-55)35-11-10-12-36(29-35)38-22-26-54-42(31-38)44-33-40(24-28-56(44)65-54)62-51-19-8-9-20-52(51)63-48-16-5-3-14-46(48)59-57(62)63/h2-34H,58H2,1H3. The zero-order valence-corrected chi connectivity index (χ0v) is 35.2. The molecule has 0 bridgehead atoms. The molecule has 0 amide bonds. The predicted molar refractivity (Wildman–Crippen MR) is 266 cm³/mol. The van der Waals surface area contributed by atoms with Gasteiger partial charge in [-0.05, 0) is 144 Å². The van der Waals surface area contributed by atoms with Gasteiger partial charge in [0, 0.05) is 27.2 Å². The lowest BCUT2D eigenvalue weighted by atomic mass is 9.97. The Morgan fingerprint density at radius 1 is 0.431 bits per heavy atom. The summed E-state index contributed by atoms with van der Waals surface area (Å²) >= 11 is 0. The smallest absolute Gasteiger partial charge is 0.220 e. The number of nitrogen functional groups attached to an aromatic ring is 1. The number of para-hydroxylation sites is 8. The third-order valence-corrected chi connectivity index (χ3v) is 13.4. The Kier molecular flexibility index (Phi) is 7.37. The summed E-state index contributed by atoms with van der Waals surface area (Å²) in [6.07, 6.45) is -0.0128. The van der Waals surface area contributed by atoms with Gasteiger partial charge < -0.3 is 24.4 Å². The molecule has 4 aromatic heterocycles. The monoisotopic (exact) mass is 838 g/mol. The Morgan fingerprint density at radius 2 is 0.938 bits per heavy atom. The highest BCUT2D eigenvalue weighted by Gasteiger charge is 2.35. The van der Waals surface area contributed by atoms with Crippen molar-refractivity contribution in [3.8, 4) is 27.9 Å². The summed E-state index contributed by atoms with van der Waals surface area (Å²) in [5.74, 6) is 0.882. The molecule has 8 nitrogen and oxygen atoms in total. The fraction of sp³-hybridized carbons (Fsp3) is 0.0351. The van der Waals surface area contributed by atoms with Crippen LogP contribution in [0.4, 0.5) is 28.4 Å². The maximum Gasteiger partial charge on any atom is 0.220 e. The fourth-order valence-electron chi connectivity index (χ4n) is 10.4. The molecular formula is C57H38N6O2. The summed E-state index contributed by atoms with van der Waals surface area (Å²) in [5.41, 5.74) is 24.8. The van der Waals surface area contributed by atoms with Gasteiger partial charge in [-0.2, -0.15) is 0 Å². The van der Waals surface area contributed by atoms with Gasteiger partial charge in [0.05, 0.1) is 50.5 Å². The van der Waals surface area contributed by atoms with Crippen molar-refractivity contribution in [2.24, 2.45) is 0 Å². The van der Waals surface area contributed by atoms with E-state index >= 15 is 0 Å². The largest absolute Gasteiger partial charge is 0.456 e. The highest BCUT2D eigenvalue weighted by atomic mass is 16.3. The number of hydrogen-bond donors (Lipinski definition) is 1. The van der Waals surface area contributed by atoms with E-state index in [2.05, 4.69) is 196 Å². The van der Waals surface area contributed by atoms with Crippen LogP contribution in [0.5, 0.6) is 0 Å². The molecule has 308 valence electrons.